The maximum atomic E-state index is 12.6. The van der Waals surface area contributed by atoms with Crippen LogP contribution >= 0.6 is 0 Å². The Morgan fingerprint density at radius 2 is 2.15 bits per heavy atom. The molecule has 134 valence electrons. The summed E-state index contributed by atoms with van der Waals surface area (Å²) in [6.45, 7) is 2.32. The third-order valence-electron chi connectivity index (χ3n) is 5.84. The second-order valence-electron chi connectivity index (χ2n) is 7.44. The van der Waals surface area contributed by atoms with Gasteiger partial charge in [0.15, 0.2) is 0 Å². The van der Waals surface area contributed by atoms with Gasteiger partial charge in [-0.1, -0.05) is 18.2 Å². The van der Waals surface area contributed by atoms with Crippen LogP contribution in [0.25, 0.3) is 22.2 Å². The fraction of sp³-hybridized carbons (Fsp3) is 0.400. The molecule has 0 saturated carbocycles. The number of benzene rings is 1. The number of nitrogens with zero attached hydrogens (tertiary/aromatic N) is 2. The quantitative estimate of drug-likeness (QED) is 0.680. The van der Waals surface area contributed by atoms with Gasteiger partial charge < -0.3 is 15.2 Å². The minimum Gasteiger partial charge on any atom is -0.360 e. The summed E-state index contributed by atoms with van der Waals surface area (Å²) < 4.78 is 0. The van der Waals surface area contributed by atoms with Crippen molar-refractivity contribution in [2.45, 2.75) is 37.8 Å². The molecule has 0 radical (unpaired) electrons. The van der Waals surface area contributed by atoms with Gasteiger partial charge in [-0.05, 0) is 44.4 Å². The first-order valence-electron chi connectivity index (χ1n) is 9.45. The van der Waals surface area contributed by atoms with E-state index < -0.39 is 0 Å². The molecular weight excluding hydrogens is 326 g/mol. The second kappa shape index (κ2) is 6.29. The van der Waals surface area contributed by atoms with E-state index in [1.165, 1.54) is 19.4 Å². The molecule has 0 aliphatic carbocycles. The van der Waals surface area contributed by atoms with Crippen molar-refractivity contribution in [3.63, 3.8) is 0 Å². The van der Waals surface area contributed by atoms with Crippen LogP contribution in [0, 0.1) is 0 Å². The van der Waals surface area contributed by atoms with Crippen LogP contribution in [-0.4, -0.2) is 51.2 Å². The zero-order valence-corrected chi connectivity index (χ0v) is 14.7. The van der Waals surface area contributed by atoms with Gasteiger partial charge in [-0.15, -0.1) is 0 Å². The van der Waals surface area contributed by atoms with E-state index in [1.807, 2.05) is 30.5 Å². The van der Waals surface area contributed by atoms with Crippen LogP contribution in [-0.2, 0) is 0 Å². The predicted octanol–water partition coefficient (Wildman–Crippen LogP) is 2.91. The fourth-order valence-corrected chi connectivity index (χ4v) is 4.48. The zero-order valence-electron chi connectivity index (χ0n) is 14.7. The van der Waals surface area contributed by atoms with Crippen LogP contribution in [0.15, 0.2) is 36.5 Å². The molecule has 6 nitrogen and oxygen atoms in total. The summed E-state index contributed by atoms with van der Waals surface area (Å²) in [5, 5.41) is 11.6. The lowest BCUT2D eigenvalue weighted by molar-refractivity contribution is 0.0891. The number of fused-ring (bicyclic) bond motifs is 2. The van der Waals surface area contributed by atoms with Crippen molar-refractivity contribution in [1.82, 2.24) is 25.4 Å². The van der Waals surface area contributed by atoms with E-state index in [9.17, 15) is 4.79 Å². The number of rotatable bonds is 3. The number of aromatic amines is 2. The number of nitrogens with one attached hydrogen (secondary N) is 3. The number of hydrogen-bond acceptors (Lipinski definition) is 3. The summed E-state index contributed by atoms with van der Waals surface area (Å²) in [6.07, 6.45) is 6.60. The first kappa shape index (κ1) is 15.6. The molecule has 2 aromatic heterocycles. The summed E-state index contributed by atoms with van der Waals surface area (Å²) >= 11 is 0. The van der Waals surface area contributed by atoms with Crippen LogP contribution < -0.4 is 5.32 Å². The van der Waals surface area contributed by atoms with Crippen molar-refractivity contribution in [3.05, 3.63) is 42.2 Å². The molecule has 1 aromatic carbocycles. The van der Waals surface area contributed by atoms with Gasteiger partial charge >= 0.3 is 0 Å². The van der Waals surface area contributed by atoms with E-state index in [-0.39, 0.29) is 11.9 Å². The third-order valence-corrected chi connectivity index (χ3v) is 5.84. The molecule has 2 aliphatic heterocycles. The Hall–Kier alpha value is -2.60. The van der Waals surface area contributed by atoms with Gasteiger partial charge in [0.1, 0.15) is 5.69 Å². The van der Waals surface area contributed by atoms with Gasteiger partial charge in [-0.2, -0.15) is 5.10 Å². The first-order chi connectivity index (χ1) is 12.8. The first-order valence-corrected chi connectivity index (χ1v) is 9.45. The number of H-pyrrole nitrogens is 2. The smallest absolute Gasteiger partial charge is 0.269 e. The van der Waals surface area contributed by atoms with Crippen molar-refractivity contribution in [2.24, 2.45) is 0 Å². The van der Waals surface area contributed by atoms with E-state index in [2.05, 4.69) is 31.5 Å². The molecule has 2 unspecified atom stereocenters. The molecule has 26 heavy (non-hydrogen) atoms. The van der Waals surface area contributed by atoms with Crippen LogP contribution in [0.2, 0.25) is 0 Å². The highest BCUT2D eigenvalue weighted by Crippen LogP contribution is 2.28. The number of amides is 1. The maximum Gasteiger partial charge on any atom is 0.269 e. The molecule has 1 amide bonds. The van der Waals surface area contributed by atoms with Crippen molar-refractivity contribution in [2.75, 3.05) is 13.1 Å². The predicted molar refractivity (Wildman–Crippen MR) is 101 cm³/mol. The number of hydrogen-bond donors (Lipinski definition) is 3. The molecule has 6 heteroatoms. The summed E-state index contributed by atoms with van der Waals surface area (Å²) in [7, 11) is 0. The number of aromatic nitrogens is 3. The molecule has 3 aromatic rings. The van der Waals surface area contributed by atoms with E-state index in [0.717, 1.165) is 41.5 Å². The Morgan fingerprint density at radius 1 is 1.23 bits per heavy atom. The summed E-state index contributed by atoms with van der Waals surface area (Å²) in [5.41, 5.74) is 3.40. The normalized spacial score (nSPS) is 23.2. The van der Waals surface area contributed by atoms with Crippen LogP contribution in [0.3, 0.4) is 0 Å². The van der Waals surface area contributed by atoms with Gasteiger partial charge in [0.25, 0.3) is 5.91 Å². The average Bonchev–Trinajstić information content (AvgIpc) is 3.39. The molecule has 3 N–H and O–H groups in total. The SMILES string of the molecule is O=C(NC1CCN2CCCC2C1)c1cc(-c2c[nH]c3ccccc23)n[nH]1. The molecule has 2 fully saturated rings. The van der Waals surface area contributed by atoms with Gasteiger partial charge in [0.2, 0.25) is 0 Å². The largest absolute Gasteiger partial charge is 0.360 e. The monoisotopic (exact) mass is 349 g/mol. The Labute approximate surface area is 152 Å². The van der Waals surface area contributed by atoms with E-state index in [4.69, 9.17) is 0 Å². The molecule has 4 heterocycles. The molecular formula is C20H23N5O. The zero-order chi connectivity index (χ0) is 17.5. The Kier molecular flexibility index (Phi) is 3.78. The third kappa shape index (κ3) is 2.70. The van der Waals surface area contributed by atoms with Crippen molar-refractivity contribution in [1.29, 1.82) is 0 Å². The Balaban J connectivity index is 1.31. The number of para-hydroxylation sites is 1. The standard InChI is InChI=1S/C20H23N5O/c26-20(22-13-7-9-25-8-3-4-14(25)10-13)19-11-18(23-24-19)16-12-21-17-6-2-1-5-15(16)17/h1-2,5-6,11-14,21H,3-4,7-10H2,(H,22,26)(H,23,24). The Bertz CT molecular complexity index is 942. The highest BCUT2D eigenvalue weighted by molar-refractivity contribution is 5.97. The fourth-order valence-electron chi connectivity index (χ4n) is 4.48. The van der Waals surface area contributed by atoms with Gasteiger partial charge in [0, 0.05) is 41.3 Å². The maximum absolute atomic E-state index is 12.6. The molecule has 0 spiro atoms. The number of carbonyl (C=O) groups is 1. The summed E-state index contributed by atoms with van der Waals surface area (Å²) in [4.78, 5) is 18.5. The van der Waals surface area contributed by atoms with E-state index >= 15 is 0 Å². The topological polar surface area (TPSA) is 76.8 Å². The van der Waals surface area contributed by atoms with Gasteiger partial charge in [-0.3, -0.25) is 9.89 Å². The lowest BCUT2D eigenvalue weighted by Crippen LogP contribution is -2.47. The molecule has 0 bridgehead atoms. The van der Waals surface area contributed by atoms with Crippen LogP contribution in [0.4, 0.5) is 0 Å². The molecule has 5 rings (SSSR count). The Morgan fingerprint density at radius 3 is 3.12 bits per heavy atom. The second-order valence-corrected chi connectivity index (χ2v) is 7.44. The van der Waals surface area contributed by atoms with Gasteiger partial charge in [-0.25, -0.2) is 0 Å². The van der Waals surface area contributed by atoms with Crippen molar-refractivity contribution >= 4 is 16.8 Å². The molecule has 2 atom stereocenters. The lowest BCUT2D eigenvalue weighted by atomic mass is 9.97. The summed E-state index contributed by atoms with van der Waals surface area (Å²) in [5.74, 6) is -0.0555. The highest BCUT2D eigenvalue weighted by atomic mass is 16.2. The van der Waals surface area contributed by atoms with E-state index in [1.54, 1.807) is 0 Å². The van der Waals surface area contributed by atoms with Crippen molar-refractivity contribution < 1.29 is 4.79 Å². The number of carbonyl (C=O) groups excluding carboxylic acids is 1. The lowest BCUT2D eigenvalue weighted by Gasteiger charge is -2.35. The average molecular weight is 349 g/mol. The van der Waals surface area contributed by atoms with E-state index in [0.29, 0.717) is 11.7 Å². The number of piperidine rings is 1. The van der Waals surface area contributed by atoms with Crippen LogP contribution in [0.5, 0.6) is 0 Å². The molecule has 2 aliphatic rings. The van der Waals surface area contributed by atoms with Gasteiger partial charge in [0.05, 0.1) is 5.69 Å². The van der Waals surface area contributed by atoms with Crippen molar-refractivity contribution in [3.8, 4) is 11.3 Å². The highest BCUT2D eigenvalue weighted by Gasteiger charge is 2.32. The minimum absolute atomic E-state index is 0.0555. The van der Waals surface area contributed by atoms with Crippen LogP contribution in [0.1, 0.15) is 36.2 Å². The minimum atomic E-state index is -0.0555. The summed E-state index contributed by atoms with van der Waals surface area (Å²) in [6, 6.07) is 10.9. The molecule has 2 saturated heterocycles.